The van der Waals surface area contributed by atoms with E-state index in [2.05, 4.69) is 13.8 Å². The molecule has 0 heterocycles. The van der Waals surface area contributed by atoms with Crippen LogP contribution in [0.4, 0.5) is 0 Å². The van der Waals surface area contributed by atoms with Crippen molar-refractivity contribution in [3.05, 3.63) is 11.6 Å². The molecule has 17 heavy (non-hydrogen) atoms. The normalized spacial score (nSPS) is 51.4. The van der Waals surface area contributed by atoms with E-state index in [-0.39, 0.29) is 11.7 Å². The summed E-state index contributed by atoms with van der Waals surface area (Å²) in [6.45, 7) is 8.54. The van der Waals surface area contributed by atoms with E-state index in [0.29, 0.717) is 23.2 Å². The van der Waals surface area contributed by atoms with Gasteiger partial charge in [-0.2, -0.15) is 0 Å². The molecule has 5 atom stereocenters. The number of ketones is 1. The van der Waals surface area contributed by atoms with E-state index in [1.807, 2.05) is 13.8 Å². The van der Waals surface area contributed by atoms with Gasteiger partial charge in [-0.15, -0.1) is 0 Å². The van der Waals surface area contributed by atoms with Crippen molar-refractivity contribution in [2.75, 3.05) is 0 Å². The minimum Gasteiger partial charge on any atom is -0.386 e. The highest BCUT2D eigenvalue weighted by molar-refractivity contribution is 5.96. The summed E-state index contributed by atoms with van der Waals surface area (Å²) in [6, 6.07) is 0. The van der Waals surface area contributed by atoms with Crippen LogP contribution in [0, 0.1) is 29.1 Å². The van der Waals surface area contributed by atoms with Gasteiger partial charge in [0.05, 0.1) is 5.60 Å². The van der Waals surface area contributed by atoms with Gasteiger partial charge >= 0.3 is 0 Å². The van der Waals surface area contributed by atoms with Crippen molar-refractivity contribution in [2.24, 2.45) is 29.1 Å². The maximum Gasteiger partial charge on any atom is 0.159 e. The van der Waals surface area contributed by atoms with Gasteiger partial charge < -0.3 is 5.11 Å². The Hall–Kier alpha value is -0.630. The molecule has 0 unspecified atom stereocenters. The maximum absolute atomic E-state index is 11.9. The molecule has 0 aromatic heterocycles. The number of carbonyl (C=O) groups excluding carboxylic acids is 1. The largest absolute Gasteiger partial charge is 0.386 e. The number of allylic oxidation sites excluding steroid dienone is 1. The highest BCUT2D eigenvalue weighted by atomic mass is 16.3. The van der Waals surface area contributed by atoms with Gasteiger partial charge in [0.15, 0.2) is 5.78 Å². The van der Waals surface area contributed by atoms with Gasteiger partial charge in [0, 0.05) is 5.92 Å². The monoisotopic (exact) mass is 234 g/mol. The van der Waals surface area contributed by atoms with Crippen LogP contribution in [0.5, 0.6) is 0 Å². The lowest BCUT2D eigenvalue weighted by Crippen LogP contribution is -2.31. The van der Waals surface area contributed by atoms with Crippen LogP contribution < -0.4 is 0 Å². The summed E-state index contributed by atoms with van der Waals surface area (Å²) < 4.78 is 0. The van der Waals surface area contributed by atoms with Crippen molar-refractivity contribution < 1.29 is 9.90 Å². The van der Waals surface area contributed by atoms with Crippen LogP contribution in [-0.2, 0) is 4.79 Å². The third kappa shape index (κ3) is 1.33. The molecule has 0 bridgehead atoms. The quantitative estimate of drug-likeness (QED) is 0.699. The molecule has 94 valence electrons. The summed E-state index contributed by atoms with van der Waals surface area (Å²) in [4.78, 5) is 11.9. The van der Waals surface area contributed by atoms with E-state index in [0.717, 1.165) is 18.4 Å². The highest BCUT2D eigenvalue weighted by Gasteiger charge is 2.66. The molecule has 0 radical (unpaired) electrons. The Kier molecular flexibility index (Phi) is 2.04. The lowest BCUT2D eigenvalue weighted by molar-refractivity contribution is -0.118. The van der Waals surface area contributed by atoms with Crippen molar-refractivity contribution in [2.45, 2.75) is 46.1 Å². The number of rotatable bonds is 0. The van der Waals surface area contributed by atoms with Crippen molar-refractivity contribution in [3.63, 3.8) is 0 Å². The molecule has 1 N–H and O–H groups in total. The average Bonchev–Trinajstić information content (AvgIpc) is 2.66. The van der Waals surface area contributed by atoms with Gasteiger partial charge in [-0.25, -0.2) is 0 Å². The Morgan fingerprint density at radius 3 is 2.65 bits per heavy atom. The lowest BCUT2D eigenvalue weighted by Gasteiger charge is -2.30. The predicted molar refractivity (Wildman–Crippen MR) is 66.4 cm³/mol. The van der Waals surface area contributed by atoms with Crippen molar-refractivity contribution in [1.82, 2.24) is 0 Å². The van der Waals surface area contributed by atoms with Crippen LogP contribution in [0.25, 0.3) is 0 Å². The fourth-order valence-corrected chi connectivity index (χ4v) is 4.48. The van der Waals surface area contributed by atoms with Crippen LogP contribution in [0.3, 0.4) is 0 Å². The first-order valence-electron chi connectivity index (χ1n) is 6.75. The molecule has 2 saturated carbocycles. The maximum atomic E-state index is 11.9. The molecule has 0 aromatic carbocycles. The second-order valence-corrected chi connectivity index (χ2v) is 7.08. The Morgan fingerprint density at radius 1 is 1.35 bits per heavy atom. The third-order valence-electron chi connectivity index (χ3n) is 5.73. The van der Waals surface area contributed by atoms with E-state index in [9.17, 15) is 9.90 Å². The second-order valence-electron chi connectivity index (χ2n) is 7.08. The number of hydrogen-bond acceptors (Lipinski definition) is 2. The van der Waals surface area contributed by atoms with E-state index in [4.69, 9.17) is 0 Å². The number of hydrogen-bond donors (Lipinski definition) is 1. The molecule has 0 spiro atoms. The number of aliphatic hydroxyl groups is 1. The summed E-state index contributed by atoms with van der Waals surface area (Å²) in [6.07, 6.45) is 3.64. The van der Waals surface area contributed by atoms with Crippen molar-refractivity contribution in [1.29, 1.82) is 0 Å². The first-order chi connectivity index (χ1) is 7.77. The fraction of sp³-hybridized carbons (Fsp3) is 0.800. The van der Waals surface area contributed by atoms with E-state index < -0.39 is 5.60 Å². The van der Waals surface area contributed by atoms with Crippen molar-refractivity contribution in [3.8, 4) is 0 Å². The Morgan fingerprint density at radius 2 is 2.00 bits per heavy atom. The topological polar surface area (TPSA) is 37.3 Å². The molecule has 2 fully saturated rings. The Balaban J connectivity index is 2.05. The molecule has 3 aliphatic carbocycles. The van der Waals surface area contributed by atoms with Gasteiger partial charge in [-0.1, -0.05) is 20.8 Å². The smallest absolute Gasteiger partial charge is 0.159 e. The van der Waals surface area contributed by atoms with Gasteiger partial charge in [0.2, 0.25) is 0 Å². The molecule has 0 saturated heterocycles. The van der Waals surface area contributed by atoms with E-state index >= 15 is 0 Å². The standard InChI is InChI=1S/C15H22O2/c1-8-11(16)7-10-12(8)13-9(14(13,2)3)5-6-15(10,4)17/h7-9,12-13,17H,5-6H2,1-4H3/t8-,9-,12-,13-,15+/m0/s1. The minimum atomic E-state index is -0.755. The van der Waals surface area contributed by atoms with Crippen LogP contribution in [0.1, 0.15) is 40.5 Å². The molecular formula is C15H22O2. The summed E-state index contributed by atoms with van der Waals surface area (Å²) in [7, 11) is 0. The van der Waals surface area contributed by atoms with Crippen LogP contribution >= 0.6 is 0 Å². The fourth-order valence-electron chi connectivity index (χ4n) is 4.48. The zero-order chi connectivity index (χ0) is 12.6. The molecule has 0 aliphatic heterocycles. The highest BCUT2D eigenvalue weighted by Crippen LogP contribution is 2.69. The molecule has 0 amide bonds. The first-order valence-corrected chi connectivity index (χ1v) is 6.75. The lowest BCUT2D eigenvalue weighted by atomic mass is 9.78. The molecule has 0 aromatic rings. The van der Waals surface area contributed by atoms with E-state index in [1.54, 1.807) is 6.08 Å². The summed E-state index contributed by atoms with van der Waals surface area (Å²) in [5.74, 6) is 1.87. The molecule has 2 nitrogen and oxygen atoms in total. The molecule has 3 rings (SSSR count). The molecular weight excluding hydrogens is 212 g/mol. The average molecular weight is 234 g/mol. The molecule has 2 heteroatoms. The van der Waals surface area contributed by atoms with Gasteiger partial charge in [0.25, 0.3) is 0 Å². The zero-order valence-corrected chi connectivity index (χ0v) is 11.2. The van der Waals surface area contributed by atoms with Crippen LogP contribution in [0.2, 0.25) is 0 Å². The first kappa shape index (κ1) is 11.5. The zero-order valence-electron chi connectivity index (χ0n) is 11.2. The van der Waals surface area contributed by atoms with Gasteiger partial charge in [-0.05, 0) is 54.6 Å². The van der Waals surface area contributed by atoms with Crippen molar-refractivity contribution >= 4 is 5.78 Å². The summed E-state index contributed by atoms with van der Waals surface area (Å²) >= 11 is 0. The summed E-state index contributed by atoms with van der Waals surface area (Å²) in [5, 5.41) is 10.5. The van der Waals surface area contributed by atoms with Crippen LogP contribution in [-0.4, -0.2) is 16.5 Å². The Labute approximate surface area is 103 Å². The van der Waals surface area contributed by atoms with Crippen LogP contribution in [0.15, 0.2) is 11.6 Å². The minimum absolute atomic E-state index is 0.0730. The predicted octanol–water partition coefficient (Wildman–Crippen LogP) is 2.56. The van der Waals surface area contributed by atoms with Gasteiger partial charge in [-0.3, -0.25) is 4.79 Å². The second kappa shape index (κ2) is 3.03. The number of carbonyl (C=O) groups is 1. The third-order valence-corrected chi connectivity index (χ3v) is 5.73. The van der Waals surface area contributed by atoms with Gasteiger partial charge in [0.1, 0.15) is 0 Å². The molecule has 3 aliphatic rings. The Bertz CT molecular complexity index is 417. The number of fused-ring (bicyclic) bond motifs is 3. The SMILES string of the molecule is C[C@H]1C(=O)C=C2[C@H]1[C@@H]1[C@H](CC[C@@]2(C)O)C1(C)C. The van der Waals surface area contributed by atoms with E-state index in [1.165, 1.54) is 0 Å². The summed E-state index contributed by atoms with van der Waals surface area (Å²) in [5.41, 5.74) is 0.626.